The van der Waals surface area contributed by atoms with Gasteiger partial charge in [0.15, 0.2) is 0 Å². The molecule has 1 unspecified atom stereocenters. The summed E-state index contributed by atoms with van der Waals surface area (Å²) in [6.07, 6.45) is -3.46. The first-order valence-electron chi connectivity index (χ1n) is 7.58. The number of halogens is 3. The van der Waals surface area contributed by atoms with E-state index in [1.165, 1.54) is 25.7 Å². The normalized spacial score (nSPS) is 19.2. The van der Waals surface area contributed by atoms with Crippen LogP contribution in [0.4, 0.5) is 13.2 Å². The molecule has 0 spiro atoms. The van der Waals surface area contributed by atoms with Crippen molar-refractivity contribution < 1.29 is 22.8 Å². The van der Waals surface area contributed by atoms with E-state index in [4.69, 9.17) is 5.26 Å². The Kier molecular flexibility index (Phi) is 6.03. The van der Waals surface area contributed by atoms with E-state index in [1.54, 1.807) is 0 Å². The fraction of sp³-hybridized carbons (Fsp3) is 0.800. The number of nitriles is 1. The van der Waals surface area contributed by atoms with Crippen LogP contribution in [0.1, 0.15) is 33.6 Å². The van der Waals surface area contributed by atoms with Crippen molar-refractivity contribution >= 4 is 11.8 Å². The van der Waals surface area contributed by atoms with Crippen LogP contribution in [-0.4, -0.2) is 54.0 Å². The van der Waals surface area contributed by atoms with Crippen LogP contribution in [0.25, 0.3) is 0 Å². The largest absolute Gasteiger partial charge is 0.406 e. The molecule has 0 saturated carbocycles. The van der Waals surface area contributed by atoms with Crippen molar-refractivity contribution in [1.82, 2.24) is 9.80 Å². The first-order valence-corrected chi connectivity index (χ1v) is 7.58. The average molecular weight is 333 g/mol. The van der Waals surface area contributed by atoms with Gasteiger partial charge in [-0.2, -0.15) is 18.4 Å². The molecular weight excluding hydrogens is 311 g/mol. The van der Waals surface area contributed by atoms with E-state index in [-0.39, 0.29) is 13.1 Å². The third-order valence-electron chi connectivity index (χ3n) is 3.94. The lowest BCUT2D eigenvalue weighted by atomic mass is 9.90. The van der Waals surface area contributed by atoms with E-state index in [2.05, 4.69) is 0 Å². The zero-order valence-electron chi connectivity index (χ0n) is 13.6. The van der Waals surface area contributed by atoms with Gasteiger partial charge in [0, 0.05) is 19.6 Å². The highest BCUT2D eigenvalue weighted by atomic mass is 19.4. The molecule has 0 aromatic heterocycles. The topological polar surface area (TPSA) is 64.4 Å². The van der Waals surface area contributed by atoms with Crippen LogP contribution in [0, 0.1) is 22.7 Å². The summed E-state index contributed by atoms with van der Waals surface area (Å²) < 4.78 is 37.6. The van der Waals surface area contributed by atoms with Crippen LogP contribution in [0.2, 0.25) is 0 Å². The van der Waals surface area contributed by atoms with Crippen molar-refractivity contribution in [3.63, 3.8) is 0 Å². The van der Waals surface area contributed by atoms with Gasteiger partial charge in [-0.05, 0) is 33.6 Å². The van der Waals surface area contributed by atoms with Crippen LogP contribution < -0.4 is 0 Å². The number of carbonyl (C=O) groups is 2. The minimum Gasteiger partial charge on any atom is -0.341 e. The van der Waals surface area contributed by atoms with Crippen molar-refractivity contribution in [1.29, 1.82) is 5.26 Å². The first kappa shape index (κ1) is 19.3. The van der Waals surface area contributed by atoms with Crippen LogP contribution in [-0.2, 0) is 9.59 Å². The number of piperidine rings is 1. The molecule has 0 bridgehead atoms. The van der Waals surface area contributed by atoms with Crippen molar-refractivity contribution in [2.75, 3.05) is 26.2 Å². The third kappa shape index (κ3) is 5.12. The fourth-order valence-electron chi connectivity index (χ4n) is 2.63. The molecule has 130 valence electrons. The summed E-state index contributed by atoms with van der Waals surface area (Å²) in [5.41, 5.74) is -1.21. The first-order chi connectivity index (χ1) is 10.5. The molecule has 1 rings (SSSR count). The molecule has 2 amide bonds. The molecule has 1 heterocycles. The Morgan fingerprint density at radius 1 is 1.35 bits per heavy atom. The predicted molar refractivity (Wildman–Crippen MR) is 77.0 cm³/mol. The minimum absolute atomic E-state index is 0.0352. The molecule has 8 heteroatoms. The molecule has 1 aliphatic rings. The number of nitrogens with zero attached hydrogens (tertiary/aromatic N) is 3. The minimum atomic E-state index is -4.45. The van der Waals surface area contributed by atoms with E-state index in [1.807, 2.05) is 6.07 Å². The Morgan fingerprint density at radius 3 is 2.43 bits per heavy atom. The second-order valence-electron chi connectivity index (χ2n) is 6.29. The number of carbonyl (C=O) groups excluding carboxylic acids is 2. The van der Waals surface area contributed by atoms with Gasteiger partial charge in [-0.15, -0.1) is 0 Å². The maximum atomic E-state index is 12.5. The van der Waals surface area contributed by atoms with Crippen LogP contribution in [0.15, 0.2) is 0 Å². The molecule has 0 aromatic rings. The molecule has 1 fully saturated rings. The quantitative estimate of drug-likeness (QED) is 0.792. The molecule has 0 aliphatic carbocycles. The highest BCUT2D eigenvalue weighted by Gasteiger charge is 2.39. The van der Waals surface area contributed by atoms with Gasteiger partial charge in [0.05, 0.1) is 12.0 Å². The Balaban J connectivity index is 2.80. The Hall–Kier alpha value is -1.78. The van der Waals surface area contributed by atoms with E-state index < -0.39 is 35.9 Å². The highest BCUT2D eigenvalue weighted by molar-refractivity contribution is 5.86. The lowest BCUT2D eigenvalue weighted by Gasteiger charge is -2.37. The van der Waals surface area contributed by atoms with Gasteiger partial charge in [-0.1, -0.05) is 0 Å². The van der Waals surface area contributed by atoms with Gasteiger partial charge in [0.2, 0.25) is 11.8 Å². The van der Waals surface area contributed by atoms with E-state index in [9.17, 15) is 22.8 Å². The summed E-state index contributed by atoms with van der Waals surface area (Å²) >= 11 is 0. The third-order valence-corrected chi connectivity index (χ3v) is 3.94. The summed E-state index contributed by atoms with van der Waals surface area (Å²) in [5.74, 6) is -1.63. The highest BCUT2D eigenvalue weighted by Crippen LogP contribution is 2.26. The summed E-state index contributed by atoms with van der Waals surface area (Å²) in [6, 6.07) is 1.91. The molecule has 0 aromatic carbocycles. The number of likely N-dealkylation sites (tertiary alicyclic amines) is 1. The monoisotopic (exact) mass is 333 g/mol. The van der Waals surface area contributed by atoms with Gasteiger partial charge in [-0.3, -0.25) is 9.59 Å². The molecule has 1 aliphatic heterocycles. The van der Waals surface area contributed by atoms with Crippen molar-refractivity contribution in [3.05, 3.63) is 0 Å². The number of alkyl halides is 3. The Labute approximate surface area is 134 Å². The van der Waals surface area contributed by atoms with Gasteiger partial charge in [0.25, 0.3) is 0 Å². The van der Waals surface area contributed by atoms with Gasteiger partial charge >= 0.3 is 6.18 Å². The van der Waals surface area contributed by atoms with E-state index >= 15 is 0 Å². The zero-order chi connectivity index (χ0) is 17.8. The van der Waals surface area contributed by atoms with Gasteiger partial charge in [-0.25, -0.2) is 0 Å². The molecule has 1 atom stereocenters. The van der Waals surface area contributed by atoms with E-state index in [0.29, 0.717) is 19.4 Å². The summed E-state index contributed by atoms with van der Waals surface area (Å²) in [6.45, 7) is 3.64. The SMILES string of the molecule is CCN(CC(F)(F)F)C(=O)C1CCCN(C(=O)C(C)(C)C#N)C1. The maximum Gasteiger partial charge on any atom is 0.406 e. The van der Waals surface area contributed by atoms with Crippen molar-refractivity contribution in [3.8, 4) is 6.07 Å². The average Bonchev–Trinajstić information content (AvgIpc) is 2.50. The molecule has 23 heavy (non-hydrogen) atoms. The molecule has 1 saturated heterocycles. The summed E-state index contributed by atoms with van der Waals surface area (Å²) in [7, 11) is 0. The molecule has 0 radical (unpaired) electrons. The summed E-state index contributed by atoms with van der Waals surface area (Å²) in [5, 5.41) is 9.03. The lowest BCUT2D eigenvalue weighted by molar-refractivity contribution is -0.165. The smallest absolute Gasteiger partial charge is 0.341 e. The Bertz CT molecular complexity index is 497. The van der Waals surface area contributed by atoms with Gasteiger partial charge < -0.3 is 9.80 Å². The standard InChI is InChI=1S/C15H22F3N3O2/c1-4-20(10-15(16,17)18)12(22)11-6-5-7-21(8-11)13(23)14(2,3)9-19/h11H,4-8,10H2,1-3H3. The van der Waals surface area contributed by atoms with Crippen molar-refractivity contribution in [2.45, 2.75) is 39.8 Å². The van der Waals surface area contributed by atoms with Crippen LogP contribution in [0.3, 0.4) is 0 Å². The fourth-order valence-corrected chi connectivity index (χ4v) is 2.63. The molecule has 0 N–H and O–H groups in total. The lowest BCUT2D eigenvalue weighted by Crippen LogP contribution is -2.51. The number of hydrogen-bond donors (Lipinski definition) is 0. The molecular formula is C15H22F3N3O2. The summed E-state index contributed by atoms with van der Waals surface area (Å²) in [4.78, 5) is 26.8. The van der Waals surface area contributed by atoms with Crippen LogP contribution >= 0.6 is 0 Å². The Morgan fingerprint density at radius 2 is 1.96 bits per heavy atom. The number of hydrogen-bond acceptors (Lipinski definition) is 3. The maximum absolute atomic E-state index is 12.5. The zero-order valence-corrected chi connectivity index (χ0v) is 13.6. The van der Waals surface area contributed by atoms with Crippen molar-refractivity contribution in [2.24, 2.45) is 11.3 Å². The second kappa shape index (κ2) is 7.20. The predicted octanol–water partition coefficient (Wildman–Crippen LogP) is 2.19. The van der Waals surface area contributed by atoms with Gasteiger partial charge in [0.1, 0.15) is 12.0 Å². The number of amides is 2. The van der Waals surface area contributed by atoms with Crippen LogP contribution in [0.5, 0.6) is 0 Å². The molecule has 5 nitrogen and oxygen atoms in total. The number of rotatable bonds is 4. The van der Waals surface area contributed by atoms with E-state index in [0.717, 1.165) is 4.90 Å². The second-order valence-corrected chi connectivity index (χ2v) is 6.29.